The average molecular weight is 568 g/mol. The first-order valence-corrected chi connectivity index (χ1v) is 12.1. The van der Waals surface area contributed by atoms with E-state index in [0.29, 0.717) is 4.57 Å². The Kier molecular flexibility index (Phi) is 8.26. The molecule has 12 nitrogen and oxygen atoms in total. The first kappa shape index (κ1) is 28.2. The lowest BCUT2D eigenvalue weighted by Gasteiger charge is -2.43. The van der Waals surface area contributed by atoms with Gasteiger partial charge >= 0.3 is 25.7 Å². The van der Waals surface area contributed by atoms with Gasteiger partial charge in [-0.2, -0.15) is 4.39 Å². The summed E-state index contributed by atoms with van der Waals surface area (Å²) >= 11 is 12.1. The second-order valence-electron chi connectivity index (χ2n) is 7.76. The van der Waals surface area contributed by atoms with Crippen LogP contribution >= 0.6 is 31.4 Å². The summed E-state index contributed by atoms with van der Waals surface area (Å²) in [5.74, 6) is -7.59. The standard InChI is InChI=1S/C20H21Cl2FN3O9P/c1-11(16(28)32-3)25-36(31)35-18(2,30)20(23)19(7-9-33-20,26-8-6-15(27)24-17(26)29)34-14-5-4-12(21)10-13(14)22/h4-6,8,10-11,30H,7,9H2,1-3H3,(H,24,27,29)/t11-,18-,19-,20-/m0/s1. The van der Waals surface area contributed by atoms with Crippen molar-refractivity contribution in [2.45, 2.75) is 43.7 Å². The molecule has 3 rings (SSSR count). The molecule has 0 saturated carbocycles. The summed E-state index contributed by atoms with van der Waals surface area (Å²) in [6.45, 7) is 1.58. The van der Waals surface area contributed by atoms with E-state index in [1.807, 2.05) is 4.98 Å². The molecule has 0 bridgehead atoms. The summed E-state index contributed by atoms with van der Waals surface area (Å²) in [4.78, 5) is 50.4. The zero-order valence-corrected chi connectivity index (χ0v) is 21.5. The van der Waals surface area contributed by atoms with Gasteiger partial charge in [0.05, 0.1) is 18.7 Å². The van der Waals surface area contributed by atoms with Crippen LogP contribution in [0.5, 0.6) is 5.75 Å². The zero-order valence-electron chi connectivity index (χ0n) is 19.1. The lowest BCUT2D eigenvalue weighted by atomic mass is 9.95. The summed E-state index contributed by atoms with van der Waals surface area (Å²) in [6.07, 6.45) is 0.508. The topological polar surface area (TPSA) is 164 Å². The van der Waals surface area contributed by atoms with E-state index < -0.39 is 61.8 Å². The van der Waals surface area contributed by atoms with Crippen molar-refractivity contribution in [3.05, 3.63) is 61.3 Å². The summed E-state index contributed by atoms with van der Waals surface area (Å²) in [6, 6.07) is 3.59. The lowest BCUT2D eigenvalue weighted by molar-refractivity contribution is -0.368. The molecule has 16 heteroatoms. The minimum absolute atomic E-state index is 0.0814. The molecule has 2 heterocycles. The first-order valence-electron chi connectivity index (χ1n) is 10.2. The number of carbonyl (C=O) groups excluding carboxylic acids is 1. The monoisotopic (exact) mass is 567 g/mol. The molecule has 1 aromatic carbocycles. The van der Waals surface area contributed by atoms with Crippen LogP contribution in [-0.4, -0.2) is 52.0 Å². The molecular weight excluding hydrogens is 547 g/mol. The van der Waals surface area contributed by atoms with Crippen molar-refractivity contribution in [2.24, 2.45) is 4.74 Å². The third kappa shape index (κ3) is 5.18. The maximum absolute atomic E-state index is 16.9. The smallest absolute Gasteiger partial charge is 0.345 e. The summed E-state index contributed by atoms with van der Waals surface area (Å²) in [5, 5.41) is 11.2. The second kappa shape index (κ2) is 10.5. The van der Waals surface area contributed by atoms with Crippen molar-refractivity contribution in [1.82, 2.24) is 9.55 Å². The van der Waals surface area contributed by atoms with E-state index in [9.17, 15) is 24.4 Å². The molecule has 2 N–H and O–H groups in total. The van der Waals surface area contributed by atoms with E-state index in [1.165, 1.54) is 25.1 Å². The Morgan fingerprint density at radius 3 is 2.72 bits per heavy atom. The van der Waals surface area contributed by atoms with Gasteiger partial charge < -0.3 is 24.2 Å². The molecule has 1 unspecified atom stereocenters. The molecule has 1 aliphatic rings. The average Bonchev–Trinajstić information content (AvgIpc) is 3.12. The predicted molar refractivity (Wildman–Crippen MR) is 123 cm³/mol. The molecule has 0 spiro atoms. The molecule has 196 valence electrons. The molecule has 0 aliphatic carbocycles. The van der Waals surface area contributed by atoms with Crippen LogP contribution in [0, 0.1) is 0 Å². The molecule has 5 atom stereocenters. The van der Waals surface area contributed by atoms with Crippen LogP contribution in [0.1, 0.15) is 20.3 Å². The Morgan fingerprint density at radius 1 is 1.42 bits per heavy atom. The Hall–Kier alpha value is -2.38. The van der Waals surface area contributed by atoms with Gasteiger partial charge in [0.25, 0.3) is 17.1 Å². The van der Waals surface area contributed by atoms with Gasteiger partial charge in [0.15, 0.2) is 6.04 Å². The van der Waals surface area contributed by atoms with Crippen molar-refractivity contribution < 1.29 is 37.9 Å². The highest BCUT2D eigenvalue weighted by Crippen LogP contribution is 2.53. The van der Waals surface area contributed by atoms with Crippen LogP contribution in [0.15, 0.2) is 44.8 Å². The Morgan fingerprint density at radius 2 is 2.11 bits per heavy atom. The van der Waals surface area contributed by atoms with E-state index in [0.717, 1.165) is 26.3 Å². The van der Waals surface area contributed by atoms with Crippen LogP contribution in [0.2, 0.25) is 10.0 Å². The maximum Gasteiger partial charge on any atom is 0.345 e. The van der Waals surface area contributed by atoms with Crippen LogP contribution < -0.4 is 20.9 Å². The molecule has 1 aliphatic heterocycles. The van der Waals surface area contributed by atoms with Crippen molar-refractivity contribution in [3.8, 4) is 5.75 Å². The van der Waals surface area contributed by atoms with E-state index in [-0.39, 0.29) is 15.8 Å². The number of esters is 1. The van der Waals surface area contributed by atoms with Gasteiger partial charge in [-0.25, -0.2) is 9.59 Å². The molecule has 1 saturated heterocycles. The molecule has 0 radical (unpaired) electrons. The Balaban J connectivity index is 2.16. The minimum Gasteiger partial charge on any atom is -0.583 e. The van der Waals surface area contributed by atoms with Gasteiger partial charge in [0.1, 0.15) is 5.75 Å². The lowest BCUT2D eigenvalue weighted by Crippen LogP contribution is -2.67. The number of rotatable bonds is 8. The van der Waals surface area contributed by atoms with Crippen molar-refractivity contribution in [3.63, 3.8) is 0 Å². The number of alkyl halides is 1. The van der Waals surface area contributed by atoms with Gasteiger partial charge in [-0.15, -0.1) is 4.52 Å². The number of nitrogens with one attached hydrogen (secondary N) is 1. The highest BCUT2D eigenvalue weighted by Gasteiger charge is 2.74. The van der Waals surface area contributed by atoms with Gasteiger partial charge in [-0.3, -0.25) is 14.3 Å². The second-order valence-corrected chi connectivity index (χ2v) is 9.49. The highest BCUT2D eigenvalue weighted by molar-refractivity contribution is 7.33. The van der Waals surface area contributed by atoms with Gasteiger partial charge in [-0.1, -0.05) is 27.9 Å². The van der Waals surface area contributed by atoms with Crippen LogP contribution in [0.4, 0.5) is 4.39 Å². The van der Waals surface area contributed by atoms with Crippen molar-refractivity contribution >= 4 is 37.3 Å². The van der Waals surface area contributed by atoms with Gasteiger partial charge in [0.2, 0.25) is 0 Å². The zero-order chi connectivity index (χ0) is 26.9. The van der Waals surface area contributed by atoms with E-state index >= 15 is 4.39 Å². The molecule has 1 fully saturated rings. The number of halogens is 3. The Bertz CT molecular complexity index is 1300. The van der Waals surface area contributed by atoms with E-state index in [4.69, 9.17) is 37.2 Å². The summed E-state index contributed by atoms with van der Waals surface area (Å²) < 4.78 is 41.6. The summed E-state index contributed by atoms with van der Waals surface area (Å²) in [7, 11) is -2.15. The molecular formula is C20H21Cl2FN3O9P. The van der Waals surface area contributed by atoms with E-state index in [2.05, 4.69) is 9.48 Å². The SMILES string of the molecule is COC(=O)[C@H](C)N=[P+]([O-])O[C@](C)(O)[C@]1(F)OCC[C@@]1(Oc1ccc(Cl)cc1Cl)n1ccc(=O)[nH]c1=O. The van der Waals surface area contributed by atoms with Crippen LogP contribution in [-0.2, 0) is 24.5 Å². The summed E-state index contributed by atoms with van der Waals surface area (Å²) in [5.41, 5.74) is -4.47. The number of hydrogen-bond donors (Lipinski definition) is 2. The minimum atomic E-state index is -3.46. The Labute approximate surface area is 214 Å². The molecule has 0 amide bonds. The van der Waals surface area contributed by atoms with Crippen molar-refractivity contribution in [2.75, 3.05) is 13.7 Å². The largest absolute Gasteiger partial charge is 0.583 e. The first-order chi connectivity index (χ1) is 16.8. The number of hydrogen-bond acceptors (Lipinski definition) is 10. The normalized spacial score (nSPS) is 24.7. The third-order valence-corrected chi connectivity index (χ3v) is 6.87. The highest BCUT2D eigenvalue weighted by atomic mass is 35.5. The number of benzene rings is 1. The van der Waals surface area contributed by atoms with E-state index in [1.54, 1.807) is 0 Å². The molecule has 2 aromatic rings. The fourth-order valence-electron chi connectivity index (χ4n) is 3.58. The van der Waals surface area contributed by atoms with Crippen LogP contribution in [0.25, 0.3) is 0 Å². The molecule has 1 aromatic heterocycles. The van der Waals surface area contributed by atoms with Crippen molar-refractivity contribution in [1.29, 1.82) is 0 Å². The van der Waals surface area contributed by atoms with Gasteiger partial charge in [-0.05, 0) is 25.1 Å². The number of aromatic nitrogens is 2. The fraction of sp³-hybridized carbons (Fsp3) is 0.450. The molecule has 36 heavy (non-hydrogen) atoms. The van der Waals surface area contributed by atoms with Crippen LogP contribution in [0.3, 0.4) is 0 Å². The van der Waals surface area contributed by atoms with Gasteiger partial charge in [0, 0.05) is 30.6 Å². The quantitative estimate of drug-likeness (QED) is 0.275. The number of methoxy groups -OCH3 is 1. The number of aliphatic hydroxyl groups is 1. The maximum atomic E-state index is 16.9. The predicted octanol–water partition coefficient (Wildman–Crippen LogP) is 1.80. The number of nitrogens with zero attached hydrogens (tertiary/aromatic N) is 2. The number of ether oxygens (including phenoxy) is 3. The number of aromatic amines is 1. The third-order valence-electron chi connectivity index (χ3n) is 5.29. The fourth-order valence-corrected chi connectivity index (χ4v) is 4.87. The number of carbonyl (C=O) groups is 1. The number of H-pyrrole nitrogens is 1.